The zero-order valence-electron chi connectivity index (χ0n) is 22.8. The Bertz CT molecular complexity index is 896. The predicted octanol–water partition coefficient (Wildman–Crippen LogP) is 3.74. The molecule has 0 saturated carbocycles. The second-order valence-electron chi connectivity index (χ2n) is 10.2. The smallest absolute Gasteiger partial charge is 0.408 e. The van der Waals surface area contributed by atoms with E-state index in [0.717, 1.165) is 24.8 Å². The minimum atomic E-state index is -1.29. The fourth-order valence-corrected chi connectivity index (χ4v) is 3.79. The number of amides is 4. The largest absolute Gasteiger partial charge is 0.444 e. The fraction of sp³-hybridized carbons (Fsp3) is 0.630. The van der Waals surface area contributed by atoms with Gasteiger partial charge in [0.1, 0.15) is 17.7 Å². The quantitative estimate of drug-likeness (QED) is 0.352. The van der Waals surface area contributed by atoms with Crippen molar-refractivity contribution in [1.29, 1.82) is 0 Å². The van der Waals surface area contributed by atoms with Crippen molar-refractivity contribution in [3.8, 4) is 0 Å². The number of carbonyl (C=O) groups excluding carboxylic acids is 4. The van der Waals surface area contributed by atoms with Gasteiger partial charge in [0.15, 0.2) is 0 Å². The van der Waals surface area contributed by atoms with Gasteiger partial charge in [-0.1, -0.05) is 56.5 Å². The molecule has 3 atom stereocenters. The van der Waals surface area contributed by atoms with Crippen molar-refractivity contribution in [2.45, 2.75) is 104 Å². The molecule has 0 bridgehead atoms. The molecule has 3 unspecified atom stereocenters. The molecule has 202 valence electrons. The van der Waals surface area contributed by atoms with Gasteiger partial charge in [-0.15, -0.1) is 0 Å². The lowest BCUT2D eigenvalue weighted by molar-refractivity contribution is -0.145. The number of primary amides is 1. The molecule has 9 heteroatoms. The standard InChI is InChI=1S/C27H44N4O5/c1-8-10-11-15-29-24(33)23(20-14-12-13-18(3)16-20)31(19(4)9-2)25(34)21(17-22(28)32)30-26(35)36-27(5,6)7/h12-14,16,19,21,23H,8-11,15,17H2,1-7H3,(H2,28,32)(H,29,33)(H,30,35). The number of nitrogens with zero attached hydrogens (tertiary/aromatic N) is 1. The van der Waals surface area contributed by atoms with Gasteiger partial charge in [0.05, 0.1) is 6.42 Å². The Balaban J connectivity index is 3.46. The molecule has 0 radical (unpaired) electrons. The van der Waals surface area contributed by atoms with Crippen LogP contribution in [0, 0.1) is 6.92 Å². The van der Waals surface area contributed by atoms with Gasteiger partial charge in [-0.3, -0.25) is 14.4 Å². The molecule has 0 heterocycles. The minimum Gasteiger partial charge on any atom is -0.444 e. The van der Waals surface area contributed by atoms with E-state index in [4.69, 9.17) is 10.5 Å². The normalized spacial score (nSPS) is 13.8. The van der Waals surface area contributed by atoms with Gasteiger partial charge in [-0.25, -0.2) is 4.79 Å². The molecule has 0 aliphatic carbocycles. The summed E-state index contributed by atoms with van der Waals surface area (Å²) in [5.74, 6) is -1.66. The molecule has 0 aliphatic rings. The van der Waals surface area contributed by atoms with Crippen LogP contribution < -0.4 is 16.4 Å². The van der Waals surface area contributed by atoms with E-state index < -0.39 is 42.0 Å². The number of hydrogen-bond donors (Lipinski definition) is 3. The lowest BCUT2D eigenvalue weighted by atomic mass is 9.98. The van der Waals surface area contributed by atoms with Gasteiger partial charge in [0.25, 0.3) is 0 Å². The molecule has 4 N–H and O–H groups in total. The van der Waals surface area contributed by atoms with Crippen LogP contribution in [0.15, 0.2) is 24.3 Å². The van der Waals surface area contributed by atoms with Crippen LogP contribution >= 0.6 is 0 Å². The lowest BCUT2D eigenvalue weighted by Crippen LogP contribution is -2.56. The van der Waals surface area contributed by atoms with Crippen molar-refractivity contribution in [2.75, 3.05) is 6.54 Å². The number of nitrogens with one attached hydrogen (secondary N) is 2. The average Bonchev–Trinajstić information content (AvgIpc) is 2.77. The highest BCUT2D eigenvalue weighted by molar-refractivity contribution is 5.94. The Morgan fingerprint density at radius 3 is 2.31 bits per heavy atom. The second kappa shape index (κ2) is 14.5. The van der Waals surface area contributed by atoms with Crippen LogP contribution in [-0.2, 0) is 19.1 Å². The Hall–Kier alpha value is -3.10. The third-order valence-electron chi connectivity index (χ3n) is 5.68. The van der Waals surface area contributed by atoms with E-state index in [0.29, 0.717) is 18.5 Å². The molecule has 4 amide bonds. The molecule has 36 heavy (non-hydrogen) atoms. The summed E-state index contributed by atoms with van der Waals surface area (Å²) in [6, 6.07) is 4.80. The van der Waals surface area contributed by atoms with Crippen molar-refractivity contribution < 1.29 is 23.9 Å². The molecule has 0 fully saturated rings. The highest BCUT2D eigenvalue weighted by Crippen LogP contribution is 2.27. The van der Waals surface area contributed by atoms with Crippen LogP contribution in [0.5, 0.6) is 0 Å². The average molecular weight is 505 g/mol. The molecule has 1 aromatic rings. The maximum atomic E-state index is 13.9. The van der Waals surface area contributed by atoms with Crippen LogP contribution in [0.2, 0.25) is 0 Å². The molecule has 0 saturated heterocycles. The van der Waals surface area contributed by atoms with Crippen molar-refractivity contribution in [1.82, 2.24) is 15.5 Å². The van der Waals surface area contributed by atoms with Gasteiger partial charge < -0.3 is 26.0 Å². The van der Waals surface area contributed by atoms with E-state index in [1.807, 2.05) is 39.0 Å². The summed E-state index contributed by atoms with van der Waals surface area (Å²) in [5, 5.41) is 5.46. The first-order chi connectivity index (χ1) is 16.8. The molecule has 0 aromatic heterocycles. The van der Waals surface area contributed by atoms with Crippen LogP contribution in [0.25, 0.3) is 0 Å². The summed E-state index contributed by atoms with van der Waals surface area (Å²) < 4.78 is 5.30. The van der Waals surface area contributed by atoms with Crippen molar-refractivity contribution in [2.24, 2.45) is 5.73 Å². The van der Waals surface area contributed by atoms with E-state index in [-0.39, 0.29) is 11.9 Å². The van der Waals surface area contributed by atoms with Crippen LogP contribution in [0.1, 0.15) is 90.8 Å². The van der Waals surface area contributed by atoms with Crippen LogP contribution in [0.3, 0.4) is 0 Å². The maximum Gasteiger partial charge on any atom is 0.408 e. The van der Waals surface area contributed by atoms with E-state index >= 15 is 0 Å². The highest BCUT2D eigenvalue weighted by atomic mass is 16.6. The molecule has 1 aromatic carbocycles. The summed E-state index contributed by atoms with van der Waals surface area (Å²) in [4.78, 5) is 53.3. The number of unbranched alkanes of at least 4 members (excludes halogenated alkanes) is 2. The molecule has 0 aliphatic heterocycles. The number of benzene rings is 1. The Kier molecular flexibility index (Phi) is 12.4. The Morgan fingerprint density at radius 2 is 1.78 bits per heavy atom. The summed E-state index contributed by atoms with van der Waals surface area (Å²) in [7, 11) is 0. The minimum absolute atomic E-state index is 0.319. The summed E-state index contributed by atoms with van der Waals surface area (Å²) in [6.07, 6.45) is 2.09. The fourth-order valence-electron chi connectivity index (χ4n) is 3.79. The number of carbonyl (C=O) groups is 4. The first-order valence-electron chi connectivity index (χ1n) is 12.7. The van der Waals surface area contributed by atoms with Crippen molar-refractivity contribution >= 4 is 23.8 Å². The van der Waals surface area contributed by atoms with Gasteiger partial charge in [0.2, 0.25) is 17.7 Å². The van der Waals surface area contributed by atoms with E-state index in [9.17, 15) is 19.2 Å². The van der Waals surface area contributed by atoms with Crippen LogP contribution in [-0.4, -0.2) is 52.9 Å². The monoisotopic (exact) mass is 504 g/mol. The number of ether oxygens (including phenoxy) is 1. The number of hydrogen-bond acceptors (Lipinski definition) is 5. The second-order valence-corrected chi connectivity index (χ2v) is 10.2. The highest BCUT2D eigenvalue weighted by Gasteiger charge is 2.39. The first-order valence-corrected chi connectivity index (χ1v) is 12.7. The van der Waals surface area contributed by atoms with E-state index in [2.05, 4.69) is 17.6 Å². The summed E-state index contributed by atoms with van der Waals surface area (Å²) >= 11 is 0. The first kappa shape index (κ1) is 30.9. The zero-order chi connectivity index (χ0) is 27.5. The van der Waals surface area contributed by atoms with Crippen LogP contribution in [0.4, 0.5) is 4.79 Å². The summed E-state index contributed by atoms with van der Waals surface area (Å²) in [6.45, 7) is 13.3. The third-order valence-corrected chi connectivity index (χ3v) is 5.68. The zero-order valence-corrected chi connectivity index (χ0v) is 22.8. The van der Waals surface area contributed by atoms with Gasteiger partial charge in [-0.05, 0) is 53.0 Å². The Labute approximate surface area is 215 Å². The summed E-state index contributed by atoms with van der Waals surface area (Å²) in [5.41, 5.74) is 6.20. The molecule has 9 nitrogen and oxygen atoms in total. The molecular weight excluding hydrogens is 460 g/mol. The number of aryl methyl sites for hydroxylation is 1. The predicted molar refractivity (Wildman–Crippen MR) is 140 cm³/mol. The molecular formula is C27H44N4O5. The lowest BCUT2D eigenvalue weighted by Gasteiger charge is -2.38. The third kappa shape index (κ3) is 10.3. The molecule has 1 rings (SSSR count). The van der Waals surface area contributed by atoms with Crippen molar-refractivity contribution in [3.05, 3.63) is 35.4 Å². The van der Waals surface area contributed by atoms with E-state index in [1.165, 1.54) is 4.90 Å². The number of rotatable bonds is 13. The molecule has 0 spiro atoms. The number of alkyl carbamates (subject to hydrolysis) is 1. The van der Waals surface area contributed by atoms with Gasteiger partial charge in [-0.2, -0.15) is 0 Å². The maximum absolute atomic E-state index is 13.9. The topological polar surface area (TPSA) is 131 Å². The number of nitrogens with two attached hydrogens (primary N) is 1. The van der Waals surface area contributed by atoms with Gasteiger partial charge in [0, 0.05) is 12.6 Å². The SMILES string of the molecule is CCCCCNC(=O)C(c1cccc(C)c1)N(C(=O)C(CC(N)=O)NC(=O)OC(C)(C)C)C(C)CC. The van der Waals surface area contributed by atoms with Gasteiger partial charge >= 0.3 is 6.09 Å². The Morgan fingerprint density at radius 1 is 1.11 bits per heavy atom. The van der Waals surface area contributed by atoms with Crippen molar-refractivity contribution in [3.63, 3.8) is 0 Å². The van der Waals surface area contributed by atoms with E-state index in [1.54, 1.807) is 26.8 Å².